The summed E-state index contributed by atoms with van der Waals surface area (Å²) in [4.78, 5) is 1.39. The number of nitrogens with one attached hydrogen (secondary N) is 1. The molecule has 1 heterocycles. The Morgan fingerprint density at radius 1 is 1.53 bits per heavy atom. The lowest BCUT2D eigenvalue weighted by Crippen LogP contribution is -2.31. The molecule has 0 spiro atoms. The molecule has 82 valence electrons. The predicted octanol–water partition coefficient (Wildman–Crippen LogP) is 2.19. The molecule has 1 aliphatic heterocycles. The van der Waals surface area contributed by atoms with Crippen LogP contribution in [0.4, 0.5) is 0 Å². The summed E-state index contributed by atoms with van der Waals surface area (Å²) < 4.78 is 0. The summed E-state index contributed by atoms with van der Waals surface area (Å²) in [6.45, 7) is 2.39. The minimum atomic E-state index is 0.260. The Balaban J connectivity index is 2.01. The van der Waals surface area contributed by atoms with Gasteiger partial charge in [0.2, 0.25) is 0 Å². The van der Waals surface area contributed by atoms with Crippen molar-refractivity contribution in [1.29, 1.82) is 0 Å². The second kappa shape index (κ2) is 5.01. The van der Waals surface area contributed by atoms with Crippen molar-refractivity contribution in [2.45, 2.75) is 30.3 Å². The quantitative estimate of drug-likeness (QED) is 0.820. The van der Waals surface area contributed by atoms with Crippen LogP contribution >= 0.6 is 11.8 Å². The van der Waals surface area contributed by atoms with Gasteiger partial charge in [-0.25, -0.2) is 0 Å². The molecule has 2 rings (SSSR count). The van der Waals surface area contributed by atoms with Gasteiger partial charge in [-0.1, -0.05) is 18.2 Å². The van der Waals surface area contributed by atoms with Crippen LogP contribution in [0.3, 0.4) is 0 Å². The molecule has 0 radical (unpaired) electrons. The van der Waals surface area contributed by atoms with E-state index >= 15 is 0 Å². The van der Waals surface area contributed by atoms with Gasteiger partial charge in [-0.15, -0.1) is 11.8 Å². The minimum absolute atomic E-state index is 0.260. The van der Waals surface area contributed by atoms with Crippen LogP contribution in [0.15, 0.2) is 29.2 Å². The highest BCUT2D eigenvalue weighted by Crippen LogP contribution is 2.37. The Bertz CT molecular complexity index is 329. The lowest BCUT2D eigenvalue weighted by Gasteiger charge is -2.18. The SMILES string of the molecule is CC(CCO)NC1CSc2ccccc21. The van der Waals surface area contributed by atoms with Gasteiger partial charge in [0, 0.05) is 29.3 Å². The number of thioether (sulfide) groups is 1. The van der Waals surface area contributed by atoms with E-state index in [0.717, 1.165) is 12.2 Å². The molecule has 3 heteroatoms. The zero-order chi connectivity index (χ0) is 10.7. The van der Waals surface area contributed by atoms with Gasteiger partial charge in [0.05, 0.1) is 0 Å². The van der Waals surface area contributed by atoms with Crippen LogP contribution in [0.1, 0.15) is 24.9 Å². The molecule has 1 aliphatic rings. The summed E-state index contributed by atoms with van der Waals surface area (Å²) >= 11 is 1.91. The fraction of sp³-hybridized carbons (Fsp3) is 0.500. The van der Waals surface area contributed by atoms with E-state index in [9.17, 15) is 0 Å². The fourth-order valence-electron chi connectivity index (χ4n) is 1.92. The summed E-state index contributed by atoms with van der Waals surface area (Å²) in [5, 5.41) is 12.4. The lowest BCUT2D eigenvalue weighted by atomic mass is 10.1. The van der Waals surface area contributed by atoms with Crippen molar-refractivity contribution in [3.05, 3.63) is 29.8 Å². The van der Waals surface area contributed by atoms with Crippen LogP contribution in [0.5, 0.6) is 0 Å². The van der Waals surface area contributed by atoms with E-state index in [0.29, 0.717) is 12.1 Å². The first-order chi connectivity index (χ1) is 7.31. The Morgan fingerprint density at radius 2 is 2.33 bits per heavy atom. The molecule has 0 saturated heterocycles. The molecule has 0 fully saturated rings. The van der Waals surface area contributed by atoms with E-state index in [1.165, 1.54) is 10.5 Å². The number of fused-ring (bicyclic) bond motifs is 1. The average molecular weight is 223 g/mol. The monoisotopic (exact) mass is 223 g/mol. The molecular formula is C12H17NOS. The summed E-state index contributed by atoms with van der Waals surface area (Å²) in [6.07, 6.45) is 0.823. The van der Waals surface area contributed by atoms with Crippen molar-refractivity contribution in [3.63, 3.8) is 0 Å². The van der Waals surface area contributed by atoms with Gasteiger partial charge in [-0.2, -0.15) is 0 Å². The molecule has 2 N–H and O–H groups in total. The van der Waals surface area contributed by atoms with Gasteiger partial charge in [0.25, 0.3) is 0 Å². The topological polar surface area (TPSA) is 32.3 Å². The van der Waals surface area contributed by atoms with E-state index in [2.05, 4.69) is 36.5 Å². The Kier molecular flexibility index (Phi) is 3.67. The van der Waals surface area contributed by atoms with Gasteiger partial charge < -0.3 is 10.4 Å². The molecule has 2 unspecified atom stereocenters. The predicted molar refractivity (Wildman–Crippen MR) is 64.2 cm³/mol. The number of hydrogen-bond donors (Lipinski definition) is 2. The zero-order valence-corrected chi connectivity index (χ0v) is 9.76. The molecule has 0 saturated carbocycles. The summed E-state index contributed by atoms with van der Waals surface area (Å²) in [5.41, 5.74) is 1.41. The van der Waals surface area contributed by atoms with Crippen LogP contribution in [0.25, 0.3) is 0 Å². The molecular weight excluding hydrogens is 206 g/mol. The first-order valence-corrected chi connectivity index (χ1v) is 6.38. The molecule has 2 nitrogen and oxygen atoms in total. The molecule has 1 aromatic carbocycles. The number of aliphatic hydroxyl groups excluding tert-OH is 1. The van der Waals surface area contributed by atoms with Crippen molar-refractivity contribution in [1.82, 2.24) is 5.32 Å². The van der Waals surface area contributed by atoms with Crippen LogP contribution < -0.4 is 5.32 Å². The van der Waals surface area contributed by atoms with E-state index in [1.807, 2.05) is 11.8 Å². The summed E-state index contributed by atoms with van der Waals surface area (Å²) in [5.74, 6) is 1.11. The number of rotatable bonds is 4. The van der Waals surface area contributed by atoms with Gasteiger partial charge >= 0.3 is 0 Å². The maximum absolute atomic E-state index is 8.86. The maximum atomic E-state index is 8.86. The van der Waals surface area contributed by atoms with Gasteiger partial charge in [0.1, 0.15) is 0 Å². The normalized spacial score (nSPS) is 21.3. The van der Waals surface area contributed by atoms with Crippen molar-refractivity contribution in [3.8, 4) is 0 Å². The standard InChI is InChI=1S/C12H17NOS/c1-9(6-7-14)13-11-8-15-12-5-3-2-4-10(11)12/h2-5,9,11,13-14H,6-8H2,1H3. The Labute approximate surface area is 95.1 Å². The Morgan fingerprint density at radius 3 is 3.13 bits per heavy atom. The third-order valence-corrected chi connectivity index (χ3v) is 3.93. The minimum Gasteiger partial charge on any atom is -0.396 e. The van der Waals surface area contributed by atoms with Crippen LogP contribution in [-0.2, 0) is 0 Å². The third kappa shape index (κ3) is 2.54. The van der Waals surface area contributed by atoms with E-state index in [-0.39, 0.29) is 6.61 Å². The molecule has 15 heavy (non-hydrogen) atoms. The third-order valence-electron chi connectivity index (χ3n) is 2.75. The first kappa shape index (κ1) is 11.0. The molecule has 0 bridgehead atoms. The highest BCUT2D eigenvalue weighted by molar-refractivity contribution is 7.99. The summed E-state index contributed by atoms with van der Waals surface area (Å²) in [7, 11) is 0. The molecule has 2 atom stereocenters. The van der Waals surface area contributed by atoms with Crippen molar-refractivity contribution in [2.24, 2.45) is 0 Å². The van der Waals surface area contributed by atoms with Crippen LogP contribution in [-0.4, -0.2) is 23.5 Å². The van der Waals surface area contributed by atoms with Crippen LogP contribution in [0.2, 0.25) is 0 Å². The van der Waals surface area contributed by atoms with Gasteiger partial charge in [-0.05, 0) is 25.0 Å². The highest BCUT2D eigenvalue weighted by Gasteiger charge is 2.23. The molecule has 0 amide bonds. The van der Waals surface area contributed by atoms with Crippen LogP contribution in [0, 0.1) is 0 Å². The molecule has 1 aromatic rings. The van der Waals surface area contributed by atoms with Gasteiger partial charge in [0.15, 0.2) is 0 Å². The second-order valence-electron chi connectivity index (χ2n) is 3.98. The second-order valence-corrected chi connectivity index (χ2v) is 5.04. The largest absolute Gasteiger partial charge is 0.396 e. The van der Waals surface area contributed by atoms with E-state index < -0.39 is 0 Å². The Hall–Kier alpha value is -0.510. The van der Waals surface area contributed by atoms with Crippen molar-refractivity contribution in [2.75, 3.05) is 12.4 Å². The molecule has 0 aromatic heterocycles. The van der Waals surface area contributed by atoms with Crippen molar-refractivity contribution < 1.29 is 5.11 Å². The van der Waals surface area contributed by atoms with Crippen molar-refractivity contribution >= 4 is 11.8 Å². The summed E-state index contributed by atoms with van der Waals surface area (Å²) in [6, 6.07) is 9.39. The van der Waals surface area contributed by atoms with E-state index in [1.54, 1.807) is 0 Å². The first-order valence-electron chi connectivity index (χ1n) is 5.40. The molecule has 0 aliphatic carbocycles. The number of aliphatic hydroxyl groups is 1. The zero-order valence-electron chi connectivity index (χ0n) is 8.94. The smallest absolute Gasteiger partial charge is 0.0445 e. The lowest BCUT2D eigenvalue weighted by molar-refractivity contribution is 0.265. The van der Waals surface area contributed by atoms with E-state index in [4.69, 9.17) is 5.11 Å². The highest BCUT2D eigenvalue weighted by atomic mass is 32.2. The average Bonchev–Trinajstić information content (AvgIpc) is 2.62. The number of hydrogen-bond acceptors (Lipinski definition) is 3. The van der Waals surface area contributed by atoms with Gasteiger partial charge in [-0.3, -0.25) is 0 Å². The fourth-order valence-corrected chi connectivity index (χ4v) is 3.09. The number of benzene rings is 1. The maximum Gasteiger partial charge on any atom is 0.0445 e.